The van der Waals surface area contributed by atoms with Crippen LogP contribution in [-0.4, -0.2) is 76.0 Å². The van der Waals surface area contributed by atoms with Gasteiger partial charge in [-0.2, -0.15) is 18.4 Å². The minimum Gasteiger partial charge on any atom is -0.466 e. The average Bonchev–Trinajstić information content (AvgIpc) is 3.03. The highest BCUT2D eigenvalue weighted by molar-refractivity contribution is 6.01. The van der Waals surface area contributed by atoms with Crippen molar-refractivity contribution < 1.29 is 45.8 Å². The number of carbonyl (C=O) groups is 3. The molecule has 0 aliphatic carbocycles. The number of esters is 1. The Morgan fingerprint density at radius 3 is 2.39 bits per heavy atom. The van der Waals surface area contributed by atoms with Gasteiger partial charge in [0.25, 0.3) is 0 Å². The van der Waals surface area contributed by atoms with Gasteiger partial charge >= 0.3 is 24.2 Å². The highest BCUT2D eigenvalue weighted by Gasteiger charge is 2.43. The summed E-state index contributed by atoms with van der Waals surface area (Å²) in [5.74, 6) is -3.34. The number of benzene rings is 2. The van der Waals surface area contributed by atoms with Gasteiger partial charge in [0.2, 0.25) is 0 Å². The zero-order chi connectivity index (χ0) is 33.6. The molecule has 2 aromatic carbocycles. The molecule has 0 saturated carbocycles. The minimum absolute atomic E-state index is 0.00757. The molecule has 16 heteroatoms. The molecule has 2 aromatic rings. The van der Waals surface area contributed by atoms with Crippen molar-refractivity contribution in [3.8, 4) is 6.07 Å². The van der Waals surface area contributed by atoms with Gasteiger partial charge in [0, 0.05) is 39.3 Å². The molecule has 246 valence electrons. The molecule has 1 atom stereocenters. The summed E-state index contributed by atoms with van der Waals surface area (Å²) in [6.45, 7) is 0.999. The lowest BCUT2D eigenvalue weighted by Gasteiger charge is -2.37. The van der Waals surface area contributed by atoms with Gasteiger partial charge in [-0.3, -0.25) is 0 Å². The molecular formula is C30H31F5N6O5. The van der Waals surface area contributed by atoms with E-state index in [9.17, 15) is 41.6 Å². The fraction of sp³-hybridized carbons (Fsp3) is 0.400. The first-order valence-electron chi connectivity index (χ1n) is 14.1. The molecule has 2 aliphatic heterocycles. The maximum absolute atomic E-state index is 14.2. The van der Waals surface area contributed by atoms with Crippen molar-refractivity contribution in [3.05, 3.63) is 76.0 Å². The minimum atomic E-state index is -4.55. The van der Waals surface area contributed by atoms with Crippen LogP contribution in [0.5, 0.6) is 0 Å². The summed E-state index contributed by atoms with van der Waals surface area (Å²) in [4.78, 5) is 41.7. The molecule has 1 saturated heterocycles. The molecule has 1 unspecified atom stereocenters. The molecule has 4 rings (SSSR count). The summed E-state index contributed by atoms with van der Waals surface area (Å²) < 4.78 is 77.1. The number of urea groups is 2. The van der Waals surface area contributed by atoms with Crippen molar-refractivity contribution in [2.24, 2.45) is 0 Å². The van der Waals surface area contributed by atoms with Gasteiger partial charge in [-0.05, 0) is 48.7 Å². The Labute approximate surface area is 260 Å². The van der Waals surface area contributed by atoms with Crippen molar-refractivity contribution in [1.29, 1.82) is 5.26 Å². The summed E-state index contributed by atoms with van der Waals surface area (Å²) in [5.41, 5.74) is -0.808. The second-order valence-corrected chi connectivity index (χ2v) is 10.5. The number of imide groups is 1. The number of nitriles is 1. The summed E-state index contributed by atoms with van der Waals surface area (Å²) in [6.07, 6.45) is -3.36. The van der Waals surface area contributed by atoms with Crippen LogP contribution >= 0.6 is 0 Å². The molecule has 46 heavy (non-hydrogen) atoms. The normalized spacial score (nSPS) is 17.4. The van der Waals surface area contributed by atoms with E-state index < -0.39 is 47.4 Å². The summed E-state index contributed by atoms with van der Waals surface area (Å²) in [7, 11) is 2.40. The fourth-order valence-corrected chi connectivity index (χ4v) is 5.41. The Balaban J connectivity index is 1.39. The second kappa shape index (κ2) is 14.6. The second-order valence-electron chi connectivity index (χ2n) is 10.5. The van der Waals surface area contributed by atoms with Crippen molar-refractivity contribution in [1.82, 2.24) is 20.9 Å². The largest absolute Gasteiger partial charge is 0.466 e. The molecule has 4 amide bonds. The molecular weight excluding hydrogens is 619 g/mol. The lowest BCUT2D eigenvalue weighted by atomic mass is 9.93. The van der Waals surface area contributed by atoms with Crippen LogP contribution in [0, 0.1) is 23.0 Å². The number of amides is 4. The van der Waals surface area contributed by atoms with Crippen molar-refractivity contribution in [2.75, 3.05) is 51.9 Å². The standard InChI is InChI=1S/C30H31F5N6O5/c1-45-16-23-25(27(42)46-2)26(17-3-5-21(31)22(32)14-17)41(29(44)39-23)28(43)38-10-9-37-20-7-11-40(12-8-20)24-6-4-19(30(33,34)35)13-18(24)15-36/h3-6,13-14,20,26,37H,7-12,16H2,1-2H3,(H,38,43)(H,39,44). The van der Waals surface area contributed by atoms with E-state index in [0.29, 0.717) is 36.5 Å². The fourth-order valence-electron chi connectivity index (χ4n) is 5.41. The Bertz CT molecular complexity index is 1550. The van der Waals surface area contributed by atoms with Gasteiger partial charge in [0.1, 0.15) is 12.1 Å². The quantitative estimate of drug-likeness (QED) is 0.211. The van der Waals surface area contributed by atoms with Gasteiger partial charge in [-0.25, -0.2) is 28.1 Å². The maximum atomic E-state index is 14.2. The Kier molecular flexibility index (Phi) is 10.8. The van der Waals surface area contributed by atoms with E-state index >= 15 is 0 Å². The number of hydrogen-bond donors (Lipinski definition) is 3. The predicted octanol–water partition coefficient (Wildman–Crippen LogP) is 3.96. The number of alkyl halides is 3. The number of nitrogens with one attached hydrogen (secondary N) is 3. The van der Waals surface area contributed by atoms with Crippen LogP contribution in [0.15, 0.2) is 47.7 Å². The SMILES string of the molecule is COCC1=C(C(=O)OC)C(c2ccc(F)c(F)c2)N(C(=O)NCCNC2CCN(c3ccc(C(F)(F)F)cc3C#N)CC2)C(=O)N1. The van der Waals surface area contributed by atoms with E-state index in [2.05, 4.69) is 16.0 Å². The van der Waals surface area contributed by atoms with Crippen molar-refractivity contribution in [2.45, 2.75) is 31.1 Å². The zero-order valence-electron chi connectivity index (χ0n) is 24.8. The van der Waals surface area contributed by atoms with E-state index in [1.54, 1.807) is 0 Å². The number of hydrogen-bond acceptors (Lipinski definition) is 8. The maximum Gasteiger partial charge on any atom is 0.416 e. The Morgan fingerprint density at radius 2 is 1.78 bits per heavy atom. The van der Waals surface area contributed by atoms with Crippen LogP contribution in [0.2, 0.25) is 0 Å². The Hall–Kier alpha value is -4.75. The topological polar surface area (TPSA) is 136 Å². The summed E-state index contributed by atoms with van der Waals surface area (Å²) in [6, 6.07) is 4.33. The van der Waals surface area contributed by atoms with Crippen molar-refractivity contribution in [3.63, 3.8) is 0 Å². The van der Waals surface area contributed by atoms with Gasteiger partial charge in [-0.15, -0.1) is 0 Å². The van der Waals surface area contributed by atoms with E-state index in [1.807, 2.05) is 11.0 Å². The number of methoxy groups -OCH3 is 2. The van der Waals surface area contributed by atoms with E-state index in [4.69, 9.17) is 9.47 Å². The van der Waals surface area contributed by atoms with E-state index in [-0.39, 0.29) is 48.1 Å². The first kappa shape index (κ1) is 34.1. The Morgan fingerprint density at radius 1 is 1.07 bits per heavy atom. The lowest BCUT2D eigenvalue weighted by Crippen LogP contribution is -2.56. The lowest BCUT2D eigenvalue weighted by molar-refractivity contribution is -0.138. The first-order valence-corrected chi connectivity index (χ1v) is 14.1. The van der Waals surface area contributed by atoms with Crippen LogP contribution in [0.1, 0.15) is 35.6 Å². The summed E-state index contributed by atoms with van der Waals surface area (Å²) >= 11 is 0. The third kappa shape index (κ3) is 7.54. The number of anilines is 1. The highest BCUT2D eigenvalue weighted by atomic mass is 19.4. The van der Waals surface area contributed by atoms with Crippen LogP contribution < -0.4 is 20.9 Å². The number of halogens is 5. The van der Waals surface area contributed by atoms with Gasteiger partial charge in [-0.1, -0.05) is 6.07 Å². The highest BCUT2D eigenvalue weighted by Crippen LogP contribution is 2.36. The van der Waals surface area contributed by atoms with Crippen LogP contribution in [0.25, 0.3) is 0 Å². The van der Waals surface area contributed by atoms with Crippen LogP contribution in [-0.2, 0) is 20.4 Å². The van der Waals surface area contributed by atoms with Crippen molar-refractivity contribution >= 4 is 23.7 Å². The molecule has 11 nitrogen and oxygen atoms in total. The molecule has 0 spiro atoms. The third-order valence-corrected chi connectivity index (χ3v) is 7.62. The molecule has 2 heterocycles. The van der Waals surface area contributed by atoms with E-state index in [0.717, 1.165) is 37.4 Å². The molecule has 0 aromatic heterocycles. The third-order valence-electron chi connectivity index (χ3n) is 7.62. The van der Waals surface area contributed by atoms with Crippen LogP contribution in [0.3, 0.4) is 0 Å². The number of carbonyl (C=O) groups excluding carboxylic acids is 3. The van der Waals surface area contributed by atoms with Gasteiger partial charge in [0.05, 0.1) is 41.8 Å². The zero-order valence-corrected chi connectivity index (χ0v) is 24.8. The monoisotopic (exact) mass is 650 g/mol. The van der Waals surface area contributed by atoms with Gasteiger partial charge in [0.15, 0.2) is 11.6 Å². The van der Waals surface area contributed by atoms with Gasteiger partial charge < -0.3 is 30.3 Å². The molecule has 0 radical (unpaired) electrons. The first-order chi connectivity index (χ1) is 21.9. The van der Waals surface area contributed by atoms with E-state index in [1.165, 1.54) is 13.2 Å². The molecule has 0 bridgehead atoms. The number of piperidine rings is 1. The van der Waals surface area contributed by atoms with Crippen LogP contribution in [0.4, 0.5) is 37.2 Å². The molecule has 2 aliphatic rings. The number of ether oxygens (including phenoxy) is 2. The predicted molar refractivity (Wildman–Crippen MR) is 153 cm³/mol. The molecule has 3 N–H and O–H groups in total. The molecule has 1 fully saturated rings. The summed E-state index contributed by atoms with van der Waals surface area (Å²) in [5, 5.41) is 17.7. The number of nitrogens with zero attached hydrogens (tertiary/aromatic N) is 3. The smallest absolute Gasteiger partial charge is 0.416 e. The average molecular weight is 651 g/mol. The number of rotatable bonds is 9.